The summed E-state index contributed by atoms with van der Waals surface area (Å²) in [5.41, 5.74) is 4.44. The van der Waals surface area contributed by atoms with Crippen molar-refractivity contribution in [1.82, 2.24) is 0 Å². The molecule has 4 atom stereocenters. The quantitative estimate of drug-likeness (QED) is 0.204. The molecule has 6 rings (SSSR count). The van der Waals surface area contributed by atoms with Crippen molar-refractivity contribution in [2.24, 2.45) is 11.8 Å². The van der Waals surface area contributed by atoms with Crippen LogP contribution in [0, 0.1) is 11.8 Å². The lowest BCUT2D eigenvalue weighted by atomic mass is 9.95. The molecule has 4 aromatic carbocycles. The predicted molar refractivity (Wildman–Crippen MR) is 182 cm³/mol. The standard InChI is InChI=1S/2C19H20ClNO/c2*20-17-8-10-18(11-9-17)21-19(22)13-14-6-7-16(12-14)15-4-2-1-3-5-15/h2*1-5,8-11,14,16H,6-7,12-13H2,(H,21,22)/t14-,16+;14-,16-/m01/s1. The third-order valence-electron chi connectivity index (χ3n) is 8.83. The molecule has 0 aromatic heterocycles. The van der Waals surface area contributed by atoms with Gasteiger partial charge in [0.1, 0.15) is 0 Å². The van der Waals surface area contributed by atoms with Gasteiger partial charge in [-0.2, -0.15) is 0 Å². The molecule has 6 heteroatoms. The molecule has 0 radical (unpaired) electrons. The molecular formula is C38H40Cl2N2O2. The Labute approximate surface area is 271 Å². The number of benzene rings is 4. The van der Waals surface area contributed by atoms with Gasteiger partial charge in [-0.05, 0) is 122 Å². The SMILES string of the molecule is O=C(C[C@@H]1CC[C@@H](c2ccccc2)C1)Nc1ccc(Cl)cc1.O=C(C[C@H]1CC[C@@H](c2ccccc2)C1)Nc1ccc(Cl)cc1. The minimum absolute atomic E-state index is 0.0982. The van der Waals surface area contributed by atoms with Crippen molar-refractivity contribution in [3.63, 3.8) is 0 Å². The molecular weight excluding hydrogens is 587 g/mol. The first-order valence-electron chi connectivity index (χ1n) is 15.6. The van der Waals surface area contributed by atoms with Gasteiger partial charge in [-0.3, -0.25) is 9.59 Å². The summed E-state index contributed by atoms with van der Waals surface area (Å²) in [7, 11) is 0. The summed E-state index contributed by atoms with van der Waals surface area (Å²) < 4.78 is 0. The fourth-order valence-electron chi connectivity index (χ4n) is 6.59. The Bertz CT molecular complexity index is 1360. The van der Waals surface area contributed by atoms with Crippen LogP contribution >= 0.6 is 23.2 Å². The van der Waals surface area contributed by atoms with Crippen molar-refractivity contribution in [1.29, 1.82) is 0 Å². The van der Waals surface area contributed by atoms with Gasteiger partial charge < -0.3 is 10.6 Å². The summed E-state index contributed by atoms with van der Waals surface area (Å²) in [5.74, 6) is 2.38. The van der Waals surface area contributed by atoms with Gasteiger partial charge in [0.05, 0.1) is 0 Å². The van der Waals surface area contributed by atoms with E-state index in [0.29, 0.717) is 46.6 Å². The van der Waals surface area contributed by atoms with Crippen molar-refractivity contribution in [2.75, 3.05) is 10.6 Å². The van der Waals surface area contributed by atoms with Crippen LogP contribution in [-0.4, -0.2) is 11.8 Å². The van der Waals surface area contributed by atoms with Crippen LogP contribution in [0.4, 0.5) is 11.4 Å². The van der Waals surface area contributed by atoms with Crippen LogP contribution in [-0.2, 0) is 9.59 Å². The minimum atomic E-state index is 0.0982. The number of halogens is 2. The van der Waals surface area contributed by atoms with Gasteiger partial charge in [-0.1, -0.05) is 83.9 Å². The van der Waals surface area contributed by atoms with E-state index in [0.717, 1.165) is 37.1 Å². The number of carbonyl (C=O) groups is 2. The third-order valence-corrected chi connectivity index (χ3v) is 9.33. The Balaban J connectivity index is 0.000000175. The molecule has 228 valence electrons. The molecule has 44 heavy (non-hydrogen) atoms. The molecule has 4 aromatic rings. The molecule has 0 saturated heterocycles. The second-order valence-corrected chi connectivity index (χ2v) is 13.0. The van der Waals surface area contributed by atoms with Crippen LogP contribution in [0.3, 0.4) is 0 Å². The van der Waals surface area contributed by atoms with Crippen molar-refractivity contribution in [2.45, 2.75) is 63.2 Å². The summed E-state index contributed by atoms with van der Waals surface area (Å²) in [6, 6.07) is 35.8. The van der Waals surface area contributed by atoms with Gasteiger partial charge in [0.25, 0.3) is 0 Å². The number of nitrogens with one attached hydrogen (secondary N) is 2. The van der Waals surface area contributed by atoms with E-state index < -0.39 is 0 Å². The highest BCUT2D eigenvalue weighted by molar-refractivity contribution is 6.31. The molecule has 2 aliphatic carbocycles. The summed E-state index contributed by atoms with van der Waals surface area (Å²) in [5, 5.41) is 7.27. The van der Waals surface area contributed by atoms with Crippen LogP contribution < -0.4 is 10.6 Å². The topological polar surface area (TPSA) is 58.2 Å². The summed E-state index contributed by atoms with van der Waals surface area (Å²) >= 11 is 11.7. The molecule has 2 amide bonds. The largest absolute Gasteiger partial charge is 0.326 e. The number of carbonyl (C=O) groups excluding carboxylic acids is 2. The smallest absolute Gasteiger partial charge is 0.224 e. The van der Waals surface area contributed by atoms with Gasteiger partial charge >= 0.3 is 0 Å². The molecule has 2 fully saturated rings. The maximum absolute atomic E-state index is 12.2. The van der Waals surface area contributed by atoms with Gasteiger partial charge in [0, 0.05) is 34.3 Å². The normalized spacial score (nSPS) is 20.8. The summed E-state index contributed by atoms with van der Waals surface area (Å²) in [4.78, 5) is 24.3. The number of anilines is 2. The van der Waals surface area contributed by atoms with E-state index in [4.69, 9.17) is 23.2 Å². The molecule has 2 aliphatic rings. The Morgan fingerprint density at radius 3 is 1.25 bits per heavy atom. The van der Waals surface area contributed by atoms with Gasteiger partial charge in [0.15, 0.2) is 0 Å². The monoisotopic (exact) mass is 626 g/mol. The molecule has 2 N–H and O–H groups in total. The maximum atomic E-state index is 12.2. The van der Waals surface area contributed by atoms with Crippen LogP contribution in [0.1, 0.15) is 74.3 Å². The molecule has 0 heterocycles. The number of amides is 2. The molecule has 4 nitrogen and oxygen atoms in total. The highest BCUT2D eigenvalue weighted by Gasteiger charge is 2.28. The number of rotatable bonds is 8. The Morgan fingerprint density at radius 2 is 0.886 bits per heavy atom. The highest BCUT2D eigenvalue weighted by atomic mass is 35.5. The zero-order valence-electron chi connectivity index (χ0n) is 24.9. The third kappa shape index (κ3) is 9.70. The fourth-order valence-corrected chi connectivity index (χ4v) is 6.84. The lowest BCUT2D eigenvalue weighted by Gasteiger charge is -2.12. The molecule has 0 aliphatic heterocycles. The van der Waals surface area contributed by atoms with E-state index in [-0.39, 0.29) is 11.8 Å². The van der Waals surface area contributed by atoms with E-state index in [1.165, 1.54) is 24.0 Å². The molecule has 0 spiro atoms. The Kier molecular flexibility index (Phi) is 11.5. The predicted octanol–water partition coefficient (Wildman–Crippen LogP) is 10.5. The maximum Gasteiger partial charge on any atom is 0.224 e. The van der Waals surface area contributed by atoms with Crippen LogP contribution in [0.25, 0.3) is 0 Å². The number of hydrogen-bond acceptors (Lipinski definition) is 2. The van der Waals surface area contributed by atoms with Crippen LogP contribution in [0.5, 0.6) is 0 Å². The van der Waals surface area contributed by atoms with E-state index in [1.807, 2.05) is 24.3 Å². The average molecular weight is 628 g/mol. The highest BCUT2D eigenvalue weighted by Crippen LogP contribution is 2.40. The van der Waals surface area contributed by atoms with Crippen molar-refractivity contribution < 1.29 is 9.59 Å². The molecule has 0 bridgehead atoms. The van der Waals surface area contributed by atoms with Crippen LogP contribution in [0.2, 0.25) is 10.0 Å². The van der Waals surface area contributed by atoms with Crippen molar-refractivity contribution >= 4 is 46.4 Å². The molecule has 0 unspecified atom stereocenters. The van der Waals surface area contributed by atoms with Crippen molar-refractivity contribution in [3.05, 3.63) is 130 Å². The zero-order valence-corrected chi connectivity index (χ0v) is 26.4. The number of hydrogen-bond donors (Lipinski definition) is 2. The van der Waals surface area contributed by atoms with Crippen LogP contribution in [0.15, 0.2) is 109 Å². The van der Waals surface area contributed by atoms with Gasteiger partial charge in [-0.15, -0.1) is 0 Å². The van der Waals surface area contributed by atoms with E-state index in [9.17, 15) is 9.59 Å². The average Bonchev–Trinajstić information content (AvgIpc) is 3.71. The summed E-state index contributed by atoms with van der Waals surface area (Å²) in [6.07, 6.45) is 8.06. The lowest BCUT2D eigenvalue weighted by Crippen LogP contribution is -2.15. The fraction of sp³-hybridized carbons (Fsp3) is 0.316. The minimum Gasteiger partial charge on any atom is -0.326 e. The van der Waals surface area contributed by atoms with Gasteiger partial charge in [-0.25, -0.2) is 0 Å². The van der Waals surface area contributed by atoms with E-state index in [2.05, 4.69) is 71.3 Å². The summed E-state index contributed by atoms with van der Waals surface area (Å²) in [6.45, 7) is 0. The second kappa shape index (κ2) is 15.9. The lowest BCUT2D eigenvalue weighted by molar-refractivity contribution is -0.117. The first kappa shape index (κ1) is 31.8. The second-order valence-electron chi connectivity index (χ2n) is 12.1. The first-order chi connectivity index (χ1) is 21.4. The molecule has 2 saturated carbocycles. The Hall–Kier alpha value is -3.60. The zero-order chi connectivity index (χ0) is 30.7. The van der Waals surface area contributed by atoms with Crippen molar-refractivity contribution in [3.8, 4) is 0 Å². The van der Waals surface area contributed by atoms with E-state index >= 15 is 0 Å². The first-order valence-corrected chi connectivity index (χ1v) is 16.4. The van der Waals surface area contributed by atoms with Gasteiger partial charge in [0.2, 0.25) is 11.8 Å². The van der Waals surface area contributed by atoms with E-state index in [1.54, 1.807) is 24.3 Å². The Morgan fingerprint density at radius 1 is 0.523 bits per heavy atom.